The van der Waals surface area contributed by atoms with Crippen molar-refractivity contribution in [2.45, 2.75) is 19.8 Å². The Morgan fingerprint density at radius 1 is 1.63 bits per heavy atom. The molecule has 0 atom stereocenters. The summed E-state index contributed by atoms with van der Waals surface area (Å²) in [7, 11) is 0. The van der Waals surface area contributed by atoms with E-state index in [1.807, 2.05) is 12.3 Å². The lowest BCUT2D eigenvalue weighted by Crippen LogP contribution is -2.38. The molecule has 2 heterocycles. The average molecular weight is 283 g/mol. The summed E-state index contributed by atoms with van der Waals surface area (Å²) >= 11 is 1.64. The molecule has 1 N–H and O–H groups in total. The van der Waals surface area contributed by atoms with Crippen molar-refractivity contribution in [1.82, 2.24) is 15.2 Å². The second-order valence-corrected chi connectivity index (χ2v) is 5.31. The number of ether oxygens (including phenoxy) is 1. The van der Waals surface area contributed by atoms with Crippen LogP contribution >= 0.6 is 11.3 Å². The summed E-state index contributed by atoms with van der Waals surface area (Å²) in [5, 5.41) is 5.91. The topological polar surface area (TPSA) is 71.5 Å². The number of carbonyl (C=O) groups excluding carboxylic acids is 2. The molecule has 1 aliphatic heterocycles. The standard InChI is InChI=1S/C12H17N3O3S/c1-9-8-19-11(14-9)3-2-4-13-10(16)7-15-5-6-18-12(15)17/h8H,2-7H2,1H3,(H,13,16). The Labute approximate surface area is 115 Å². The van der Waals surface area contributed by atoms with E-state index >= 15 is 0 Å². The van der Waals surface area contributed by atoms with Gasteiger partial charge in [-0.3, -0.25) is 9.69 Å². The summed E-state index contributed by atoms with van der Waals surface area (Å²) in [6.45, 7) is 3.51. The zero-order chi connectivity index (χ0) is 13.7. The van der Waals surface area contributed by atoms with Gasteiger partial charge >= 0.3 is 6.09 Å². The first kappa shape index (κ1) is 13.8. The van der Waals surface area contributed by atoms with Crippen LogP contribution in [0.25, 0.3) is 0 Å². The number of thiazole rings is 1. The molecule has 6 nitrogen and oxygen atoms in total. The normalized spacial score (nSPS) is 14.6. The van der Waals surface area contributed by atoms with Crippen LogP contribution in [-0.2, 0) is 16.0 Å². The highest BCUT2D eigenvalue weighted by Crippen LogP contribution is 2.10. The van der Waals surface area contributed by atoms with Gasteiger partial charge in [-0.2, -0.15) is 0 Å². The molecule has 1 fully saturated rings. The third-order valence-electron chi connectivity index (χ3n) is 2.74. The van der Waals surface area contributed by atoms with Gasteiger partial charge in [-0.25, -0.2) is 9.78 Å². The largest absolute Gasteiger partial charge is 0.448 e. The Kier molecular flexibility index (Phi) is 4.73. The lowest BCUT2D eigenvalue weighted by Gasteiger charge is -2.11. The molecule has 1 aromatic heterocycles. The number of rotatable bonds is 6. The van der Waals surface area contributed by atoms with E-state index in [1.54, 1.807) is 11.3 Å². The number of carbonyl (C=O) groups is 2. The van der Waals surface area contributed by atoms with E-state index in [-0.39, 0.29) is 12.5 Å². The van der Waals surface area contributed by atoms with Crippen LogP contribution in [-0.4, -0.2) is 48.1 Å². The number of nitrogens with zero attached hydrogens (tertiary/aromatic N) is 2. The second-order valence-electron chi connectivity index (χ2n) is 4.37. The van der Waals surface area contributed by atoms with E-state index in [9.17, 15) is 9.59 Å². The van der Waals surface area contributed by atoms with Gasteiger partial charge in [-0.15, -0.1) is 11.3 Å². The molecule has 1 aromatic rings. The van der Waals surface area contributed by atoms with Gasteiger partial charge < -0.3 is 10.1 Å². The minimum Gasteiger partial charge on any atom is -0.448 e. The van der Waals surface area contributed by atoms with Gasteiger partial charge in [0.15, 0.2) is 0 Å². The lowest BCUT2D eigenvalue weighted by atomic mass is 10.3. The van der Waals surface area contributed by atoms with E-state index in [1.165, 1.54) is 4.90 Å². The van der Waals surface area contributed by atoms with Crippen LogP contribution in [0.4, 0.5) is 4.79 Å². The number of nitrogens with one attached hydrogen (secondary N) is 1. The summed E-state index contributed by atoms with van der Waals surface area (Å²) in [4.78, 5) is 28.5. The summed E-state index contributed by atoms with van der Waals surface area (Å²) < 4.78 is 4.75. The Morgan fingerprint density at radius 2 is 2.47 bits per heavy atom. The summed E-state index contributed by atoms with van der Waals surface area (Å²) in [5.74, 6) is -0.144. The van der Waals surface area contributed by atoms with Crippen molar-refractivity contribution in [2.24, 2.45) is 0 Å². The Bertz CT molecular complexity index is 461. The van der Waals surface area contributed by atoms with E-state index in [4.69, 9.17) is 4.74 Å². The van der Waals surface area contributed by atoms with Crippen LogP contribution in [0.2, 0.25) is 0 Å². The number of aryl methyl sites for hydroxylation is 2. The SMILES string of the molecule is Cc1csc(CCCNC(=O)CN2CCOC2=O)n1. The van der Waals surface area contributed by atoms with Crippen LogP contribution in [0.5, 0.6) is 0 Å². The van der Waals surface area contributed by atoms with Gasteiger partial charge in [0.05, 0.1) is 11.6 Å². The quantitative estimate of drug-likeness (QED) is 0.789. The molecule has 2 rings (SSSR count). The third-order valence-corrected chi connectivity index (χ3v) is 3.76. The summed E-state index contributed by atoms with van der Waals surface area (Å²) in [6.07, 6.45) is 1.31. The summed E-state index contributed by atoms with van der Waals surface area (Å²) in [5.41, 5.74) is 1.04. The first-order valence-electron chi connectivity index (χ1n) is 6.24. The van der Waals surface area contributed by atoms with E-state index in [0.717, 1.165) is 23.5 Å². The van der Waals surface area contributed by atoms with Gasteiger partial charge in [0.25, 0.3) is 0 Å². The molecule has 0 spiro atoms. The molecule has 1 saturated heterocycles. The maximum absolute atomic E-state index is 11.6. The number of aromatic nitrogens is 1. The zero-order valence-corrected chi connectivity index (χ0v) is 11.7. The van der Waals surface area contributed by atoms with Gasteiger partial charge in [-0.1, -0.05) is 0 Å². The molecule has 0 aliphatic carbocycles. The number of hydrogen-bond acceptors (Lipinski definition) is 5. The fraction of sp³-hybridized carbons (Fsp3) is 0.583. The highest BCUT2D eigenvalue weighted by molar-refractivity contribution is 7.09. The lowest BCUT2D eigenvalue weighted by molar-refractivity contribution is -0.121. The summed E-state index contributed by atoms with van der Waals surface area (Å²) in [6, 6.07) is 0. The van der Waals surface area contributed by atoms with Crippen LogP contribution in [0.15, 0.2) is 5.38 Å². The van der Waals surface area contributed by atoms with Crippen molar-refractivity contribution >= 4 is 23.3 Å². The molecular weight excluding hydrogens is 266 g/mol. The first-order chi connectivity index (χ1) is 9.15. The van der Waals surface area contributed by atoms with Crippen molar-refractivity contribution in [1.29, 1.82) is 0 Å². The zero-order valence-electron chi connectivity index (χ0n) is 10.8. The molecule has 104 valence electrons. The highest BCUT2D eigenvalue weighted by atomic mass is 32.1. The molecule has 0 bridgehead atoms. The van der Waals surface area contributed by atoms with Crippen LogP contribution in [0.1, 0.15) is 17.1 Å². The fourth-order valence-electron chi connectivity index (χ4n) is 1.78. The molecule has 0 unspecified atom stereocenters. The van der Waals surface area contributed by atoms with Gasteiger partial charge in [0.2, 0.25) is 5.91 Å². The minimum atomic E-state index is -0.409. The number of amides is 2. The molecule has 0 aromatic carbocycles. The molecule has 19 heavy (non-hydrogen) atoms. The molecule has 2 amide bonds. The van der Waals surface area contributed by atoms with Crippen molar-refractivity contribution < 1.29 is 14.3 Å². The molecule has 0 saturated carbocycles. The van der Waals surface area contributed by atoms with Crippen molar-refractivity contribution in [2.75, 3.05) is 26.2 Å². The predicted octanol–water partition coefficient (Wildman–Crippen LogP) is 0.953. The van der Waals surface area contributed by atoms with Gasteiger partial charge in [0.1, 0.15) is 13.2 Å². The van der Waals surface area contributed by atoms with E-state index in [0.29, 0.717) is 19.7 Å². The maximum Gasteiger partial charge on any atom is 0.410 e. The molecule has 1 aliphatic rings. The Morgan fingerprint density at radius 3 is 3.11 bits per heavy atom. The first-order valence-corrected chi connectivity index (χ1v) is 7.12. The van der Waals surface area contributed by atoms with Crippen LogP contribution in [0, 0.1) is 6.92 Å². The van der Waals surface area contributed by atoms with Gasteiger partial charge in [0, 0.05) is 24.0 Å². The maximum atomic E-state index is 11.6. The Hall–Kier alpha value is -1.63. The minimum absolute atomic E-state index is 0.0786. The average Bonchev–Trinajstić information content (AvgIpc) is 2.95. The van der Waals surface area contributed by atoms with Gasteiger partial charge in [-0.05, 0) is 13.3 Å². The smallest absolute Gasteiger partial charge is 0.410 e. The Balaban J connectivity index is 1.60. The molecular formula is C12H17N3O3S. The number of hydrogen-bond donors (Lipinski definition) is 1. The molecule has 0 radical (unpaired) electrons. The van der Waals surface area contributed by atoms with E-state index in [2.05, 4.69) is 10.3 Å². The molecule has 7 heteroatoms. The van der Waals surface area contributed by atoms with E-state index < -0.39 is 6.09 Å². The van der Waals surface area contributed by atoms with Crippen molar-refractivity contribution in [3.63, 3.8) is 0 Å². The third kappa shape index (κ3) is 4.20. The highest BCUT2D eigenvalue weighted by Gasteiger charge is 2.23. The second kappa shape index (κ2) is 6.51. The number of cyclic esters (lactones) is 1. The monoisotopic (exact) mass is 283 g/mol. The predicted molar refractivity (Wildman–Crippen MR) is 71.1 cm³/mol. The van der Waals surface area contributed by atoms with Crippen molar-refractivity contribution in [3.8, 4) is 0 Å². The van der Waals surface area contributed by atoms with Crippen LogP contribution in [0.3, 0.4) is 0 Å². The fourth-order valence-corrected chi connectivity index (χ4v) is 2.60. The van der Waals surface area contributed by atoms with Crippen LogP contribution < -0.4 is 5.32 Å². The van der Waals surface area contributed by atoms with Crippen molar-refractivity contribution in [3.05, 3.63) is 16.1 Å².